The van der Waals surface area contributed by atoms with E-state index in [1.807, 2.05) is 6.07 Å². The molecule has 0 bridgehead atoms. The summed E-state index contributed by atoms with van der Waals surface area (Å²) in [4.78, 5) is 11.6. The van der Waals surface area contributed by atoms with Crippen molar-refractivity contribution >= 4 is 5.97 Å². The number of rotatable bonds is 6. The molecule has 1 rings (SSSR count). The first-order valence-electron chi connectivity index (χ1n) is 6.64. The lowest BCUT2D eigenvalue weighted by Gasteiger charge is -2.12. The van der Waals surface area contributed by atoms with Crippen molar-refractivity contribution in [2.75, 3.05) is 0 Å². The molecule has 1 aromatic rings. The van der Waals surface area contributed by atoms with Crippen molar-refractivity contribution in [2.24, 2.45) is 0 Å². The van der Waals surface area contributed by atoms with E-state index in [0.29, 0.717) is 24.2 Å². The number of carbonyl (C=O) groups is 1. The summed E-state index contributed by atoms with van der Waals surface area (Å²) >= 11 is 0. The molecular formula is C16H22O4. The van der Waals surface area contributed by atoms with Gasteiger partial charge in [-0.2, -0.15) is 0 Å². The Bertz CT molecular complexity index is 461. The molecule has 0 aromatic heterocycles. The molecule has 0 saturated carbocycles. The van der Waals surface area contributed by atoms with E-state index in [1.165, 1.54) is 0 Å². The predicted octanol–water partition coefficient (Wildman–Crippen LogP) is 2.01. The van der Waals surface area contributed by atoms with Crippen LogP contribution >= 0.6 is 0 Å². The average molecular weight is 278 g/mol. The molecule has 0 saturated heterocycles. The lowest BCUT2D eigenvalue weighted by molar-refractivity contribution is -0.130. The van der Waals surface area contributed by atoms with Crippen LogP contribution in [0.3, 0.4) is 0 Å². The lowest BCUT2D eigenvalue weighted by Crippen LogP contribution is -2.11. The number of esters is 1. The fraction of sp³-hybridized carbons (Fsp3) is 0.438. The van der Waals surface area contributed by atoms with Crippen molar-refractivity contribution in [1.29, 1.82) is 0 Å². The first-order chi connectivity index (χ1) is 9.27. The Balaban J connectivity index is 3.02. The number of carbonyl (C=O) groups excluding carboxylic acids is 1. The maximum Gasteiger partial charge on any atom is 0.338 e. The van der Waals surface area contributed by atoms with Crippen LogP contribution in [0.4, 0.5) is 0 Å². The smallest absolute Gasteiger partial charge is 0.338 e. The molecule has 1 aromatic carbocycles. The topological polar surface area (TPSA) is 66.8 Å². The summed E-state index contributed by atoms with van der Waals surface area (Å²) in [6.07, 6.45) is -0.0423. The first kappa shape index (κ1) is 16.4. The molecule has 2 N–H and O–H groups in total. The molecule has 4 nitrogen and oxygen atoms in total. The molecule has 0 fully saturated rings. The van der Waals surface area contributed by atoms with Gasteiger partial charge in [-0.1, -0.05) is 12.6 Å². The molecule has 0 aliphatic rings. The average Bonchev–Trinajstić information content (AvgIpc) is 2.25. The SMILES string of the molecule is C=C(C)C(=O)Oc1cc(CC(C)O)cc(CC(C)O)c1. The Morgan fingerprint density at radius 1 is 1.15 bits per heavy atom. The van der Waals surface area contributed by atoms with Crippen LogP contribution < -0.4 is 4.74 Å². The van der Waals surface area contributed by atoms with Gasteiger partial charge >= 0.3 is 5.97 Å². The molecule has 110 valence electrons. The third-order valence-corrected chi connectivity index (χ3v) is 2.65. The van der Waals surface area contributed by atoms with Gasteiger partial charge in [0.05, 0.1) is 12.2 Å². The van der Waals surface area contributed by atoms with E-state index in [0.717, 1.165) is 11.1 Å². The third kappa shape index (κ3) is 5.55. The van der Waals surface area contributed by atoms with Crippen molar-refractivity contribution in [3.05, 3.63) is 41.5 Å². The highest BCUT2D eigenvalue weighted by molar-refractivity contribution is 5.88. The molecule has 0 aliphatic heterocycles. The lowest BCUT2D eigenvalue weighted by atomic mass is 10.0. The molecule has 0 radical (unpaired) electrons. The maximum atomic E-state index is 11.6. The summed E-state index contributed by atoms with van der Waals surface area (Å²) in [5, 5.41) is 18.9. The number of hydrogen-bond donors (Lipinski definition) is 2. The standard InChI is InChI=1S/C16H22O4/c1-10(2)16(19)20-15-8-13(5-11(3)17)7-14(9-15)6-12(4)18/h7-9,11-12,17-18H,1,5-6H2,2-4H3. The molecule has 4 heteroatoms. The van der Waals surface area contributed by atoms with Crippen LogP contribution in [-0.4, -0.2) is 28.4 Å². The van der Waals surface area contributed by atoms with E-state index < -0.39 is 18.2 Å². The Morgan fingerprint density at radius 2 is 1.60 bits per heavy atom. The highest BCUT2D eigenvalue weighted by Crippen LogP contribution is 2.21. The summed E-state index contributed by atoms with van der Waals surface area (Å²) in [5.41, 5.74) is 2.05. The zero-order valence-corrected chi connectivity index (χ0v) is 12.2. The van der Waals surface area contributed by atoms with E-state index in [9.17, 15) is 15.0 Å². The third-order valence-electron chi connectivity index (χ3n) is 2.65. The minimum absolute atomic E-state index is 0.322. The highest BCUT2D eigenvalue weighted by atomic mass is 16.5. The van der Waals surface area contributed by atoms with Gasteiger partial charge in [0.25, 0.3) is 0 Å². The first-order valence-corrected chi connectivity index (χ1v) is 6.64. The largest absolute Gasteiger partial charge is 0.423 e. The quantitative estimate of drug-likeness (QED) is 0.474. The summed E-state index contributed by atoms with van der Waals surface area (Å²) in [5.74, 6) is -0.0750. The molecule has 0 amide bonds. The minimum Gasteiger partial charge on any atom is -0.423 e. The monoisotopic (exact) mass is 278 g/mol. The maximum absolute atomic E-state index is 11.6. The van der Waals surface area contributed by atoms with Gasteiger partial charge in [-0.25, -0.2) is 4.79 Å². The molecule has 2 unspecified atom stereocenters. The van der Waals surface area contributed by atoms with Crippen LogP contribution in [0.25, 0.3) is 0 Å². The van der Waals surface area contributed by atoms with E-state index in [1.54, 1.807) is 32.9 Å². The number of benzene rings is 1. The molecule has 2 atom stereocenters. The van der Waals surface area contributed by atoms with Gasteiger partial charge in [-0.15, -0.1) is 0 Å². The molecule has 20 heavy (non-hydrogen) atoms. The Morgan fingerprint density at radius 3 is 1.95 bits per heavy atom. The van der Waals surface area contributed by atoms with Gasteiger partial charge in [0.15, 0.2) is 0 Å². The summed E-state index contributed by atoms with van der Waals surface area (Å²) in [6.45, 7) is 8.51. The second kappa shape index (κ2) is 7.22. The van der Waals surface area contributed by atoms with Gasteiger partial charge in [0, 0.05) is 5.57 Å². The van der Waals surface area contributed by atoms with Gasteiger partial charge in [0.1, 0.15) is 5.75 Å². The van der Waals surface area contributed by atoms with Crippen LogP contribution in [-0.2, 0) is 17.6 Å². The molecular weight excluding hydrogens is 256 g/mol. The van der Waals surface area contributed by atoms with Crippen LogP contribution in [0, 0.1) is 0 Å². The van der Waals surface area contributed by atoms with Gasteiger partial charge in [-0.3, -0.25) is 0 Å². The predicted molar refractivity (Wildman–Crippen MR) is 77.7 cm³/mol. The van der Waals surface area contributed by atoms with Crippen molar-refractivity contribution in [3.63, 3.8) is 0 Å². The van der Waals surface area contributed by atoms with Crippen molar-refractivity contribution in [3.8, 4) is 5.75 Å². The van der Waals surface area contributed by atoms with Gasteiger partial charge in [-0.05, 0) is 56.9 Å². The summed E-state index contributed by atoms with van der Waals surface area (Å²) in [6, 6.07) is 5.34. The number of ether oxygens (including phenoxy) is 1. The summed E-state index contributed by atoms with van der Waals surface area (Å²) < 4.78 is 5.22. The van der Waals surface area contributed by atoms with E-state index in [2.05, 4.69) is 6.58 Å². The highest BCUT2D eigenvalue weighted by Gasteiger charge is 2.10. The summed E-state index contributed by atoms with van der Waals surface area (Å²) in [7, 11) is 0. The van der Waals surface area contributed by atoms with Crippen LogP contribution in [0.5, 0.6) is 5.75 Å². The van der Waals surface area contributed by atoms with E-state index in [4.69, 9.17) is 4.74 Å². The second-order valence-corrected chi connectivity index (χ2v) is 5.26. The minimum atomic E-state index is -0.485. The van der Waals surface area contributed by atoms with Gasteiger partial charge < -0.3 is 14.9 Å². The number of hydrogen-bond acceptors (Lipinski definition) is 4. The Kier molecular flexibility index (Phi) is 5.92. The van der Waals surface area contributed by atoms with Gasteiger partial charge in [0.2, 0.25) is 0 Å². The van der Waals surface area contributed by atoms with E-state index >= 15 is 0 Å². The molecule has 0 spiro atoms. The Hall–Kier alpha value is -1.65. The number of aliphatic hydroxyl groups is 2. The normalized spacial score (nSPS) is 13.7. The molecule has 0 heterocycles. The zero-order valence-electron chi connectivity index (χ0n) is 12.2. The molecule has 0 aliphatic carbocycles. The van der Waals surface area contributed by atoms with Crippen LogP contribution in [0.1, 0.15) is 31.9 Å². The Labute approximate surface area is 119 Å². The van der Waals surface area contributed by atoms with Crippen molar-refractivity contribution in [2.45, 2.75) is 45.8 Å². The van der Waals surface area contributed by atoms with Crippen LogP contribution in [0.15, 0.2) is 30.4 Å². The number of aliphatic hydroxyl groups excluding tert-OH is 2. The fourth-order valence-electron chi connectivity index (χ4n) is 1.90. The zero-order chi connectivity index (χ0) is 15.3. The fourth-order valence-corrected chi connectivity index (χ4v) is 1.90. The van der Waals surface area contributed by atoms with Crippen LogP contribution in [0.2, 0.25) is 0 Å². The van der Waals surface area contributed by atoms with E-state index in [-0.39, 0.29) is 0 Å². The van der Waals surface area contributed by atoms with Crippen molar-refractivity contribution in [1.82, 2.24) is 0 Å². The second-order valence-electron chi connectivity index (χ2n) is 5.26. The van der Waals surface area contributed by atoms with Crippen molar-refractivity contribution < 1.29 is 19.7 Å².